The molecule has 0 aromatic heterocycles. The molecule has 0 spiro atoms. The molecular formula is C19H22O2. The van der Waals surface area contributed by atoms with Gasteiger partial charge < -0.3 is 5.11 Å². The molecule has 0 aliphatic heterocycles. The van der Waals surface area contributed by atoms with E-state index in [1.807, 2.05) is 43.3 Å². The van der Waals surface area contributed by atoms with Gasteiger partial charge in [-0.3, -0.25) is 4.79 Å². The van der Waals surface area contributed by atoms with Gasteiger partial charge in [0.25, 0.3) is 0 Å². The topological polar surface area (TPSA) is 37.3 Å². The lowest BCUT2D eigenvalue weighted by Gasteiger charge is -2.14. The van der Waals surface area contributed by atoms with Crippen LogP contribution in [0.3, 0.4) is 0 Å². The van der Waals surface area contributed by atoms with Crippen molar-refractivity contribution in [2.45, 2.75) is 33.1 Å². The fourth-order valence-electron chi connectivity index (χ4n) is 2.55. The van der Waals surface area contributed by atoms with Crippen molar-refractivity contribution in [2.24, 2.45) is 5.92 Å². The van der Waals surface area contributed by atoms with Crippen LogP contribution >= 0.6 is 0 Å². The van der Waals surface area contributed by atoms with E-state index in [2.05, 4.69) is 19.1 Å². The number of carboxylic acids is 1. The Morgan fingerprint density at radius 2 is 1.62 bits per heavy atom. The number of hydrogen-bond acceptors (Lipinski definition) is 1. The maximum absolute atomic E-state index is 11.5. The van der Waals surface area contributed by atoms with Crippen LogP contribution in [0, 0.1) is 12.8 Å². The summed E-state index contributed by atoms with van der Waals surface area (Å²) < 4.78 is 0. The lowest BCUT2D eigenvalue weighted by Crippen LogP contribution is -2.19. The Bertz CT molecular complexity index is 599. The number of benzene rings is 2. The monoisotopic (exact) mass is 282 g/mol. The lowest BCUT2D eigenvalue weighted by molar-refractivity contribution is -0.141. The van der Waals surface area contributed by atoms with Crippen LogP contribution < -0.4 is 0 Å². The van der Waals surface area contributed by atoms with Gasteiger partial charge >= 0.3 is 5.97 Å². The second-order valence-corrected chi connectivity index (χ2v) is 5.54. The van der Waals surface area contributed by atoms with Gasteiger partial charge in [-0.25, -0.2) is 0 Å². The highest BCUT2D eigenvalue weighted by atomic mass is 16.4. The number of carbonyl (C=O) groups is 1. The predicted octanol–water partition coefficient (Wildman–Crippen LogP) is 4.04. The highest BCUT2D eigenvalue weighted by Gasteiger charge is 2.19. The number of hydrogen-bond donors (Lipinski definition) is 1. The van der Waals surface area contributed by atoms with E-state index in [4.69, 9.17) is 0 Å². The Morgan fingerprint density at radius 1 is 1.00 bits per heavy atom. The van der Waals surface area contributed by atoms with E-state index >= 15 is 0 Å². The Balaban J connectivity index is 2.12. The van der Waals surface area contributed by atoms with Gasteiger partial charge in [-0.15, -0.1) is 0 Å². The van der Waals surface area contributed by atoms with Gasteiger partial charge in [0, 0.05) is 0 Å². The fraction of sp³-hybridized carbons (Fsp3) is 0.316. The summed E-state index contributed by atoms with van der Waals surface area (Å²) in [5.41, 5.74) is 4.65. The Labute approximate surface area is 126 Å². The molecule has 2 aromatic rings. The molecule has 2 nitrogen and oxygen atoms in total. The summed E-state index contributed by atoms with van der Waals surface area (Å²) in [6.07, 6.45) is 2.16. The first-order valence-electron chi connectivity index (χ1n) is 7.45. The number of aryl methyl sites for hydroxylation is 2. The van der Waals surface area contributed by atoms with Gasteiger partial charge in [-0.05, 0) is 48.4 Å². The average Bonchev–Trinajstić information content (AvgIpc) is 2.49. The molecule has 0 radical (unpaired) electrons. The van der Waals surface area contributed by atoms with Gasteiger partial charge in [0.2, 0.25) is 0 Å². The Morgan fingerprint density at radius 3 is 2.19 bits per heavy atom. The van der Waals surface area contributed by atoms with Crippen molar-refractivity contribution in [3.8, 4) is 0 Å². The summed E-state index contributed by atoms with van der Waals surface area (Å²) in [5, 5.41) is 9.49. The van der Waals surface area contributed by atoms with E-state index in [0.29, 0.717) is 12.8 Å². The van der Waals surface area contributed by atoms with E-state index in [0.717, 1.165) is 23.1 Å². The van der Waals surface area contributed by atoms with Crippen LogP contribution in [-0.4, -0.2) is 11.1 Å². The number of carboxylic acid groups (broad SMARTS) is 1. The molecule has 0 heterocycles. The maximum atomic E-state index is 11.5. The molecule has 1 unspecified atom stereocenters. The van der Waals surface area contributed by atoms with Crippen LogP contribution in [0.25, 0.3) is 0 Å². The molecule has 110 valence electrons. The molecule has 1 N–H and O–H groups in total. The van der Waals surface area contributed by atoms with Crippen LogP contribution in [0.4, 0.5) is 0 Å². The highest BCUT2D eigenvalue weighted by Crippen LogP contribution is 2.18. The molecule has 0 aliphatic carbocycles. The zero-order valence-electron chi connectivity index (χ0n) is 12.7. The molecule has 2 heteroatoms. The Kier molecular flexibility index (Phi) is 5.15. The minimum atomic E-state index is -0.724. The normalized spacial score (nSPS) is 12.1. The molecule has 1 atom stereocenters. The fourth-order valence-corrected chi connectivity index (χ4v) is 2.55. The SMILES string of the molecule is CCc1ccc(CC(Cc2ccccc2C)C(=O)O)cc1. The third kappa shape index (κ3) is 4.19. The molecule has 0 bridgehead atoms. The molecule has 0 saturated heterocycles. The van der Waals surface area contributed by atoms with Gasteiger partial charge in [0.1, 0.15) is 0 Å². The molecule has 0 amide bonds. The smallest absolute Gasteiger partial charge is 0.307 e. The van der Waals surface area contributed by atoms with Crippen molar-refractivity contribution < 1.29 is 9.90 Å². The quantitative estimate of drug-likeness (QED) is 0.868. The molecule has 0 saturated carbocycles. The van der Waals surface area contributed by atoms with E-state index in [9.17, 15) is 9.90 Å². The van der Waals surface area contributed by atoms with Gasteiger partial charge in [0.15, 0.2) is 0 Å². The minimum Gasteiger partial charge on any atom is -0.481 e. The summed E-state index contributed by atoms with van der Waals surface area (Å²) in [4.78, 5) is 11.5. The number of aliphatic carboxylic acids is 1. The van der Waals surface area contributed by atoms with Gasteiger partial charge in [-0.2, -0.15) is 0 Å². The summed E-state index contributed by atoms with van der Waals surface area (Å²) in [6, 6.07) is 16.3. The largest absolute Gasteiger partial charge is 0.481 e. The second-order valence-electron chi connectivity index (χ2n) is 5.54. The molecular weight excluding hydrogens is 260 g/mol. The van der Waals surface area contributed by atoms with E-state index < -0.39 is 5.97 Å². The van der Waals surface area contributed by atoms with Crippen molar-refractivity contribution in [1.29, 1.82) is 0 Å². The zero-order chi connectivity index (χ0) is 15.2. The standard InChI is InChI=1S/C19H22O2/c1-3-15-8-10-16(11-9-15)12-18(19(20)21)13-17-7-5-4-6-14(17)2/h4-11,18H,3,12-13H2,1-2H3,(H,20,21). The first kappa shape index (κ1) is 15.3. The van der Waals surface area contributed by atoms with Crippen LogP contribution in [0.2, 0.25) is 0 Å². The summed E-state index contributed by atoms with van der Waals surface area (Å²) in [6.45, 7) is 4.15. The molecule has 21 heavy (non-hydrogen) atoms. The first-order chi connectivity index (χ1) is 10.1. The summed E-state index contributed by atoms with van der Waals surface area (Å²) in [7, 11) is 0. The first-order valence-corrected chi connectivity index (χ1v) is 7.45. The zero-order valence-corrected chi connectivity index (χ0v) is 12.7. The second kappa shape index (κ2) is 7.07. The van der Waals surface area contributed by atoms with Crippen molar-refractivity contribution in [3.05, 3.63) is 70.8 Å². The molecule has 2 aromatic carbocycles. The third-order valence-electron chi connectivity index (χ3n) is 3.99. The van der Waals surface area contributed by atoms with Crippen LogP contribution in [-0.2, 0) is 24.1 Å². The van der Waals surface area contributed by atoms with E-state index in [1.54, 1.807) is 0 Å². The molecule has 2 rings (SSSR count). The maximum Gasteiger partial charge on any atom is 0.307 e. The van der Waals surface area contributed by atoms with Crippen molar-refractivity contribution in [1.82, 2.24) is 0 Å². The summed E-state index contributed by atoms with van der Waals surface area (Å²) in [5.74, 6) is -1.10. The lowest BCUT2D eigenvalue weighted by atomic mass is 9.90. The Hall–Kier alpha value is -2.09. The average molecular weight is 282 g/mol. The number of rotatable bonds is 6. The van der Waals surface area contributed by atoms with E-state index in [1.165, 1.54) is 5.56 Å². The van der Waals surface area contributed by atoms with Crippen LogP contribution in [0.5, 0.6) is 0 Å². The van der Waals surface area contributed by atoms with Crippen LogP contribution in [0.1, 0.15) is 29.2 Å². The van der Waals surface area contributed by atoms with Gasteiger partial charge in [-0.1, -0.05) is 55.5 Å². The third-order valence-corrected chi connectivity index (χ3v) is 3.99. The molecule has 0 fully saturated rings. The molecule has 0 aliphatic rings. The highest BCUT2D eigenvalue weighted by molar-refractivity contribution is 5.71. The minimum absolute atomic E-state index is 0.376. The summed E-state index contributed by atoms with van der Waals surface area (Å²) >= 11 is 0. The predicted molar refractivity (Wildman–Crippen MR) is 85.5 cm³/mol. The van der Waals surface area contributed by atoms with E-state index in [-0.39, 0.29) is 5.92 Å². The van der Waals surface area contributed by atoms with Crippen molar-refractivity contribution >= 4 is 5.97 Å². The van der Waals surface area contributed by atoms with Gasteiger partial charge in [0.05, 0.1) is 5.92 Å². The van der Waals surface area contributed by atoms with Crippen molar-refractivity contribution in [3.63, 3.8) is 0 Å². The van der Waals surface area contributed by atoms with Crippen molar-refractivity contribution in [2.75, 3.05) is 0 Å². The van der Waals surface area contributed by atoms with Crippen LogP contribution in [0.15, 0.2) is 48.5 Å².